The molecule has 0 radical (unpaired) electrons. The van der Waals surface area contributed by atoms with E-state index in [1.165, 1.54) is 12.3 Å². The first-order chi connectivity index (χ1) is 6.24. The zero-order chi connectivity index (χ0) is 9.68. The van der Waals surface area contributed by atoms with E-state index in [1.54, 1.807) is 27.7 Å². The smallest absolute Gasteiger partial charge is 0.358 e. The highest BCUT2D eigenvalue weighted by Gasteiger charge is 2.05. The molecule has 0 saturated carbocycles. The lowest BCUT2D eigenvalue weighted by atomic mass is 10.5. The van der Waals surface area contributed by atoms with Crippen LogP contribution in [0.1, 0.15) is 6.92 Å². The standard InChI is InChI=1S/C7H8N2O2S2/c1-2-12-13-6-3-4-7(8-5-6)9(10)11/h3-5H,2H2,1H3. The van der Waals surface area contributed by atoms with Gasteiger partial charge in [0.15, 0.2) is 6.20 Å². The molecule has 0 aromatic carbocycles. The fraction of sp³-hybridized carbons (Fsp3) is 0.286. The first kappa shape index (κ1) is 10.3. The largest absolute Gasteiger partial charge is 0.363 e. The highest BCUT2D eigenvalue weighted by atomic mass is 33.1. The van der Waals surface area contributed by atoms with Crippen molar-refractivity contribution in [2.75, 3.05) is 5.75 Å². The van der Waals surface area contributed by atoms with Crippen molar-refractivity contribution < 1.29 is 4.92 Å². The Kier molecular flexibility index (Phi) is 4.04. The predicted octanol–water partition coefficient (Wildman–Crippen LogP) is 2.75. The van der Waals surface area contributed by atoms with Gasteiger partial charge in [0.2, 0.25) is 0 Å². The molecule has 6 heteroatoms. The van der Waals surface area contributed by atoms with E-state index in [0.29, 0.717) is 0 Å². The summed E-state index contributed by atoms with van der Waals surface area (Å²) in [4.78, 5) is 14.4. The van der Waals surface area contributed by atoms with Gasteiger partial charge in [0.25, 0.3) is 0 Å². The van der Waals surface area contributed by atoms with Gasteiger partial charge in [0.1, 0.15) is 0 Å². The summed E-state index contributed by atoms with van der Waals surface area (Å²) in [7, 11) is 3.25. The molecule has 1 aromatic heterocycles. The highest BCUT2D eigenvalue weighted by molar-refractivity contribution is 8.76. The van der Waals surface area contributed by atoms with E-state index in [4.69, 9.17) is 0 Å². The summed E-state index contributed by atoms with van der Waals surface area (Å²) in [6, 6.07) is 3.12. The van der Waals surface area contributed by atoms with Crippen molar-refractivity contribution in [2.24, 2.45) is 0 Å². The quantitative estimate of drug-likeness (QED) is 0.440. The summed E-state index contributed by atoms with van der Waals surface area (Å²) < 4.78 is 0. The highest BCUT2D eigenvalue weighted by Crippen LogP contribution is 2.30. The third-order valence-corrected chi connectivity index (χ3v) is 3.61. The second-order valence-corrected chi connectivity index (χ2v) is 4.76. The van der Waals surface area contributed by atoms with Crippen molar-refractivity contribution in [1.29, 1.82) is 0 Å². The van der Waals surface area contributed by atoms with Gasteiger partial charge in [0.05, 0.1) is 4.90 Å². The summed E-state index contributed by atoms with van der Waals surface area (Å²) in [5, 5.41) is 10.3. The maximum absolute atomic E-state index is 10.3. The molecule has 70 valence electrons. The summed E-state index contributed by atoms with van der Waals surface area (Å²) in [5.74, 6) is 0.896. The van der Waals surface area contributed by atoms with Gasteiger partial charge in [-0.25, -0.2) is 0 Å². The molecule has 0 fully saturated rings. The van der Waals surface area contributed by atoms with Crippen LogP contribution in [0.5, 0.6) is 0 Å². The van der Waals surface area contributed by atoms with Crippen LogP contribution < -0.4 is 0 Å². The zero-order valence-electron chi connectivity index (χ0n) is 6.97. The van der Waals surface area contributed by atoms with E-state index in [-0.39, 0.29) is 5.82 Å². The van der Waals surface area contributed by atoms with E-state index < -0.39 is 4.92 Å². The van der Waals surface area contributed by atoms with Crippen molar-refractivity contribution in [1.82, 2.24) is 4.98 Å². The minimum absolute atomic E-state index is 0.106. The van der Waals surface area contributed by atoms with Crippen LogP contribution in [0.2, 0.25) is 0 Å². The molecular weight excluding hydrogens is 208 g/mol. The second-order valence-electron chi connectivity index (χ2n) is 2.10. The van der Waals surface area contributed by atoms with Gasteiger partial charge in [-0.1, -0.05) is 28.5 Å². The number of hydrogen-bond donors (Lipinski definition) is 0. The van der Waals surface area contributed by atoms with Gasteiger partial charge in [-0.05, 0) is 16.0 Å². The van der Waals surface area contributed by atoms with Gasteiger partial charge >= 0.3 is 5.82 Å². The van der Waals surface area contributed by atoms with E-state index in [9.17, 15) is 10.1 Å². The van der Waals surface area contributed by atoms with Crippen LogP contribution >= 0.6 is 21.6 Å². The van der Waals surface area contributed by atoms with Crippen LogP contribution in [0.15, 0.2) is 23.2 Å². The molecule has 1 aromatic rings. The molecule has 0 bridgehead atoms. The molecule has 0 amide bonds. The Balaban J connectivity index is 2.64. The third kappa shape index (κ3) is 3.23. The SMILES string of the molecule is CCSSc1ccc([N+](=O)[O-])nc1. The summed E-state index contributed by atoms with van der Waals surface area (Å²) in [6.07, 6.45) is 1.52. The van der Waals surface area contributed by atoms with Crippen molar-refractivity contribution in [3.05, 3.63) is 28.4 Å². The zero-order valence-corrected chi connectivity index (χ0v) is 8.60. The molecule has 0 aliphatic carbocycles. The summed E-state index contributed by atoms with van der Waals surface area (Å²) in [6.45, 7) is 2.05. The maximum atomic E-state index is 10.3. The van der Waals surface area contributed by atoms with Gasteiger partial charge in [-0.2, -0.15) is 0 Å². The molecule has 0 unspecified atom stereocenters. The number of hydrogen-bond acceptors (Lipinski definition) is 5. The molecule has 0 aliphatic rings. The van der Waals surface area contributed by atoms with Crippen molar-refractivity contribution >= 4 is 27.4 Å². The molecule has 1 rings (SSSR count). The Morgan fingerprint density at radius 3 is 2.85 bits per heavy atom. The van der Waals surface area contributed by atoms with Crippen LogP contribution in [0.25, 0.3) is 0 Å². The van der Waals surface area contributed by atoms with Crippen LogP contribution in [0, 0.1) is 10.1 Å². The van der Waals surface area contributed by atoms with Crippen molar-refractivity contribution in [2.45, 2.75) is 11.8 Å². The van der Waals surface area contributed by atoms with E-state index in [2.05, 4.69) is 11.9 Å². The Hall–Kier alpha value is -0.750. The lowest BCUT2D eigenvalue weighted by molar-refractivity contribution is -0.389. The topological polar surface area (TPSA) is 56.0 Å². The molecule has 13 heavy (non-hydrogen) atoms. The van der Waals surface area contributed by atoms with Crippen molar-refractivity contribution in [3.8, 4) is 0 Å². The van der Waals surface area contributed by atoms with E-state index in [1.807, 2.05) is 0 Å². The van der Waals surface area contributed by atoms with Gasteiger partial charge in [-0.3, -0.25) is 0 Å². The van der Waals surface area contributed by atoms with E-state index >= 15 is 0 Å². The van der Waals surface area contributed by atoms with Gasteiger partial charge < -0.3 is 10.1 Å². The Morgan fingerprint density at radius 2 is 2.38 bits per heavy atom. The lowest BCUT2D eigenvalue weighted by Crippen LogP contribution is -1.90. The molecule has 0 spiro atoms. The van der Waals surface area contributed by atoms with Crippen LogP contribution in [-0.2, 0) is 0 Å². The average Bonchev–Trinajstić information content (AvgIpc) is 2.15. The normalized spacial score (nSPS) is 9.92. The number of pyridine rings is 1. The van der Waals surface area contributed by atoms with Crippen LogP contribution in [-0.4, -0.2) is 15.7 Å². The first-order valence-corrected chi connectivity index (χ1v) is 5.96. The fourth-order valence-corrected chi connectivity index (χ4v) is 2.19. The Morgan fingerprint density at radius 1 is 1.62 bits per heavy atom. The molecule has 0 saturated heterocycles. The lowest BCUT2D eigenvalue weighted by Gasteiger charge is -1.95. The Labute approximate surface area is 83.7 Å². The summed E-state index contributed by atoms with van der Waals surface area (Å²) in [5.41, 5.74) is 0. The average molecular weight is 216 g/mol. The third-order valence-electron chi connectivity index (χ3n) is 1.18. The molecule has 0 aliphatic heterocycles. The predicted molar refractivity (Wildman–Crippen MR) is 54.9 cm³/mol. The molecule has 4 nitrogen and oxygen atoms in total. The molecule has 0 N–H and O–H groups in total. The number of nitrogens with zero attached hydrogens (tertiary/aromatic N) is 2. The minimum atomic E-state index is -0.499. The van der Waals surface area contributed by atoms with Crippen molar-refractivity contribution in [3.63, 3.8) is 0 Å². The molecule has 0 atom stereocenters. The maximum Gasteiger partial charge on any atom is 0.363 e. The van der Waals surface area contributed by atoms with E-state index in [0.717, 1.165) is 10.6 Å². The van der Waals surface area contributed by atoms with Crippen LogP contribution in [0.3, 0.4) is 0 Å². The first-order valence-electron chi connectivity index (χ1n) is 3.64. The van der Waals surface area contributed by atoms with Gasteiger partial charge in [0, 0.05) is 11.8 Å². The monoisotopic (exact) mass is 216 g/mol. The minimum Gasteiger partial charge on any atom is -0.358 e. The fourth-order valence-electron chi connectivity index (χ4n) is 0.657. The molecule has 1 heterocycles. The summed E-state index contributed by atoms with van der Waals surface area (Å²) >= 11 is 0. The number of nitro groups is 1. The van der Waals surface area contributed by atoms with Crippen LogP contribution in [0.4, 0.5) is 5.82 Å². The Bertz CT molecular complexity index is 289. The van der Waals surface area contributed by atoms with Gasteiger partial charge in [-0.15, -0.1) is 0 Å². The molecular formula is C7H8N2O2S2. The number of aromatic nitrogens is 1. The second kappa shape index (κ2) is 5.08. The number of rotatable bonds is 4.